The molecule has 0 atom stereocenters. The predicted molar refractivity (Wildman–Crippen MR) is 69.9 cm³/mol. The highest BCUT2D eigenvalue weighted by Crippen LogP contribution is 2.22. The van der Waals surface area contributed by atoms with Crippen LogP contribution >= 0.6 is 27.5 Å². The number of rotatable bonds is 3. The molecule has 4 heteroatoms. The Bertz CT molecular complexity index is 531. The van der Waals surface area contributed by atoms with Gasteiger partial charge < -0.3 is 4.74 Å². The minimum atomic E-state index is -0.451. The van der Waals surface area contributed by atoms with Crippen molar-refractivity contribution < 1.29 is 9.13 Å². The van der Waals surface area contributed by atoms with Gasteiger partial charge in [-0.1, -0.05) is 39.7 Å². The Morgan fingerprint density at radius 3 is 2.71 bits per heavy atom. The summed E-state index contributed by atoms with van der Waals surface area (Å²) in [6.07, 6.45) is 0. The molecule has 0 spiro atoms. The molecule has 0 saturated carbocycles. The fourth-order valence-electron chi connectivity index (χ4n) is 1.38. The van der Waals surface area contributed by atoms with E-state index < -0.39 is 5.82 Å². The topological polar surface area (TPSA) is 9.23 Å². The molecule has 0 N–H and O–H groups in total. The summed E-state index contributed by atoms with van der Waals surface area (Å²) in [6.45, 7) is 0.317. The quantitative estimate of drug-likeness (QED) is 0.789. The minimum absolute atomic E-state index is 0.203. The van der Waals surface area contributed by atoms with E-state index in [1.54, 1.807) is 6.07 Å². The number of halogens is 3. The molecule has 88 valence electrons. The van der Waals surface area contributed by atoms with Crippen molar-refractivity contribution in [2.24, 2.45) is 0 Å². The van der Waals surface area contributed by atoms with E-state index in [1.807, 2.05) is 24.3 Å². The van der Waals surface area contributed by atoms with E-state index in [0.29, 0.717) is 11.6 Å². The normalized spacial score (nSPS) is 10.3. The van der Waals surface area contributed by atoms with Gasteiger partial charge >= 0.3 is 0 Å². The standard InChI is InChI=1S/C13H9BrClFO/c14-10-3-1-2-9(6-10)8-17-13-5-4-11(15)7-12(13)16/h1-7H,8H2. The molecule has 0 aliphatic carbocycles. The third-order valence-corrected chi connectivity index (χ3v) is 2.91. The van der Waals surface area contributed by atoms with Gasteiger partial charge in [-0.05, 0) is 35.9 Å². The predicted octanol–water partition coefficient (Wildman–Crippen LogP) is 4.82. The maximum Gasteiger partial charge on any atom is 0.166 e. The molecule has 2 rings (SSSR count). The molecule has 0 amide bonds. The molecule has 0 aliphatic heterocycles. The summed E-state index contributed by atoms with van der Waals surface area (Å²) in [5, 5.41) is 0.359. The molecule has 0 bridgehead atoms. The van der Waals surface area contributed by atoms with E-state index in [9.17, 15) is 4.39 Å². The summed E-state index contributed by atoms with van der Waals surface area (Å²) in [7, 11) is 0. The zero-order valence-corrected chi connectivity index (χ0v) is 11.1. The Morgan fingerprint density at radius 1 is 1.18 bits per heavy atom. The van der Waals surface area contributed by atoms with Crippen LogP contribution in [0, 0.1) is 5.82 Å². The van der Waals surface area contributed by atoms with Crippen molar-refractivity contribution in [3.05, 3.63) is 63.3 Å². The second kappa shape index (κ2) is 5.52. The van der Waals surface area contributed by atoms with Gasteiger partial charge in [0.25, 0.3) is 0 Å². The minimum Gasteiger partial charge on any atom is -0.486 e. The van der Waals surface area contributed by atoms with Crippen LogP contribution in [0.3, 0.4) is 0 Å². The van der Waals surface area contributed by atoms with Crippen LogP contribution in [0.25, 0.3) is 0 Å². The van der Waals surface area contributed by atoms with E-state index in [4.69, 9.17) is 16.3 Å². The molecule has 0 saturated heterocycles. The smallest absolute Gasteiger partial charge is 0.166 e. The molecule has 0 unspecified atom stereocenters. The summed E-state index contributed by atoms with van der Waals surface area (Å²) >= 11 is 9.02. The van der Waals surface area contributed by atoms with Crippen LogP contribution in [-0.4, -0.2) is 0 Å². The second-order valence-corrected chi connectivity index (χ2v) is 4.85. The fraction of sp³-hybridized carbons (Fsp3) is 0.0769. The molecule has 0 aliphatic rings. The molecular formula is C13H9BrClFO. The summed E-state index contributed by atoms with van der Waals surface area (Å²) in [4.78, 5) is 0. The van der Waals surface area contributed by atoms with E-state index in [2.05, 4.69) is 15.9 Å². The zero-order chi connectivity index (χ0) is 12.3. The monoisotopic (exact) mass is 314 g/mol. The SMILES string of the molecule is Fc1cc(Cl)ccc1OCc1cccc(Br)c1. The second-order valence-electron chi connectivity index (χ2n) is 3.49. The van der Waals surface area contributed by atoms with E-state index >= 15 is 0 Å². The molecular weight excluding hydrogens is 306 g/mol. The van der Waals surface area contributed by atoms with Gasteiger partial charge in [-0.2, -0.15) is 0 Å². The van der Waals surface area contributed by atoms with Crippen molar-refractivity contribution in [1.82, 2.24) is 0 Å². The van der Waals surface area contributed by atoms with Crippen LogP contribution in [0.2, 0.25) is 5.02 Å². The molecule has 0 radical (unpaired) electrons. The average Bonchev–Trinajstić information content (AvgIpc) is 2.28. The van der Waals surface area contributed by atoms with Crippen molar-refractivity contribution in [2.45, 2.75) is 6.61 Å². The maximum absolute atomic E-state index is 13.4. The van der Waals surface area contributed by atoms with Gasteiger partial charge in [0.2, 0.25) is 0 Å². The highest BCUT2D eigenvalue weighted by molar-refractivity contribution is 9.10. The van der Waals surface area contributed by atoms with Crippen molar-refractivity contribution in [3.8, 4) is 5.75 Å². The average molecular weight is 316 g/mol. The molecule has 0 aromatic heterocycles. The van der Waals surface area contributed by atoms with Crippen molar-refractivity contribution >= 4 is 27.5 Å². The Morgan fingerprint density at radius 2 is 2.00 bits per heavy atom. The first-order chi connectivity index (χ1) is 8.15. The number of benzene rings is 2. The maximum atomic E-state index is 13.4. The fourth-order valence-corrected chi connectivity index (χ4v) is 1.99. The van der Waals surface area contributed by atoms with Crippen LogP contribution in [0.4, 0.5) is 4.39 Å². The lowest BCUT2D eigenvalue weighted by Crippen LogP contribution is -1.97. The van der Waals surface area contributed by atoms with Crippen LogP contribution in [0.5, 0.6) is 5.75 Å². The Balaban J connectivity index is 2.07. The summed E-state index contributed by atoms with van der Waals surface area (Å²) in [6, 6.07) is 12.0. The van der Waals surface area contributed by atoms with Gasteiger partial charge in [-0.25, -0.2) is 4.39 Å². The first kappa shape index (κ1) is 12.4. The molecule has 2 aromatic carbocycles. The van der Waals surface area contributed by atoms with Gasteiger partial charge in [-0.3, -0.25) is 0 Å². The molecule has 0 heterocycles. The van der Waals surface area contributed by atoms with Crippen LogP contribution in [-0.2, 0) is 6.61 Å². The van der Waals surface area contributed by atoms with Crippen molar-refractivity contribution in [3.63, 3.8) is 0 Å². The molecule has 0 fully saturated rings. The van der Waals surface area contributed by atoms with E-state index in [-0.39, 0.29) is 5.75 Å². The van der Waals surface area contributed by atoms with E-state index in [0.717, 1.165) is 10.0 Å². The number of hydrogen-bond donors (Lipinski definition) is 0. The first-order valence-corrected chi connectivity index (χ1v) is 6.14. The number of hydrogen-bond acceptors (Lipinski definition) is 1. The van der Waals surface area contributed by atoms with Crippen LogP contribution in [0.1, 0.15) is 5.56 Å². The molecule has 1 nitrogen and oxygen atoms in total. The first-order valence-electron chi connectivity index (χ1n) is 4.97. The van der Waals surface area contributed by atoms with Gasteiger partial charge in [0, 0.05) is 9.50 Å². The highest BCUT2D eigenvalue weighted by Gasteiger charge is 2.04. The van der Waals surface area contributed by atoms with Gasteiger partial charge in [-0.15, -0.1) is 0 Å². The Kier molecular flexibility index (Phi) is 4.02. The lowest BCUT2D eigenvalue weighted by Gasteiger charge is -2.07. The molecule has 17 heavy (non-hydrogen) atoms. The van der Waals surface area contributed by atoms with Crippen molar-refractivity contribution in [2.75, 3.05) is 0 Å². The highest BCUT2D eigenvalue weighted by atomic mass is 79.9. The van der Waals surface area contributed by atoms with E-state index in [1.165, 1.54) is 12.1 Å². The summed E-state index contributed by atoms with van der Waals surface area (Å²) in [5.74, 6) is -0.248. The van der Waals surface area contributed by atoms with Crippen molar-refractivity contribution in [1.29, 1.82) is 0 Å². The zero-order valence-electron chi connectivity index (χ0n) is 8.79. The van der Waals surface area contributed by atoms with Gasteiger partial charge in [0.05, 0.1) is 0 Å². The third kappa shape index (κ3) is 3.45. The molecule has 2 aromatic rings. The van der Waals surface area contributed by atoms with Gasteiger partial charge in [0.15, 0.2) is 11.6 Å². The third-order valence-electron chi connectivity index (χ3n) is 2.18. The summed E-state index contributed by atoms with van der Waals surface area (Å²) in [5.41, 5.74) is 0.966. The van der Waals surface area contributed by atoms with Crippen LogP contribution in [0.15, 0.2) is 46.9 Å². The lowest BCUT2D eigenvalue weighted by molar-refractivity contribution is 0.290. The Labute approximate surface area is 112 Å². The van der Waals surface area contributed by atoms with Gasteiger partial charge in [0.1, 0.15) is 6.61 Å². The number of ether oxygens (including phenoxy) is 1. The summed E-state index contributed by atoms with van der Waals surface area (Å²) < 4.78 is 19.8. The largest absolute Gasteiger partial charge is 0.486 e. The van der Waals surface area contributed by atoms with Crippen LogP contribution < -0.4 is 4.74 Å². The lowest BCUT2D eigenvalue weighted by atomic mass is 10.2. The Hall–Kier alpha value is -1.06.